The summed E-state index contributed by atoms with van der Waals surface area (Å²) in [5.41, 5.74) is 3.26. The summed E-state index contributed by atoms with van der Waals surface area (Å²) in [6, 6.07) is 22.1. The molecule has 1 aliphatic rings. The van der Waals surface area contributed by atoms with Gasteiger partial charge in [0.1, 0.15) is 5.69 Å². The van der Waals surface area contributed by atoms with Crippen LogP contribution in [-0.4, -0.2) is 48.5 Å². The van der Waals surface area contributed by atoms with E-state index in [1.54, 1.807) is 36.4 Å². The van der Waals surface area contributed by atoms with Crippen molar-refractivity contribution < 1.29 is 9.72 Å². The number of hydrogen-bond donors (Lipinski definition) is 1. The van der Waals surface area contributed by atoms with Crippen molar-refractivity contribution in [2.45, 2.75) is 6.42 Å². The lowest BCUT2D eigenvalue weighted by Gasteiger charge is -2.36. The summed E-state index contributed by atoms with van der Waals surface area (Å²) in [4.78, 5) is 27.9. The Kier molecular flexibility index (Phi) is 7.10. The maximum absolute atomic E-state index is 12.7. The van der Waals surface area contributed by atoms with Gasteiger partial charge >= 0.3 is 0 Å². The van der Waals surface area contributed by atoms with E-state index in [-0.39, 0.29) is 16.5 Å². The van der Waals surface area contributed by atoms with Crippen molar-refractivity contribution >= 4 is 34.6 Å². The molecule has 33 heavy (non-hydrogen) atoms. The van der Waals surface area contributed by atoms with Crippen molar-refractivity contribution in [1.82, 2.24) is 4.90 Å². The first-order valence-corrected chi connectivity index (χ1v) is 11.2. The third-order valence-electron chi connectivity index (χ3n) is 5.77. The molecule has 8 heteroatoms. The van der Waals surface area contributed by atoms with E-state index < -0.39 is 0 Å². The lowest BCUT2D eigenvalue weighted by Crippen LogP contribution is -2.48. The maximum Gasteiger partial charge on any atom is 0.292 e. The number of nitrogens with zero attached hydrogens (tertiary/aromatic N) is 3. The van der Waals surface area contributed by atoms with Crippen molar-refractivity contribution in [3.8, 4) is 0 Å². The Balaban J connectivity index is 1.40. The summed E-state index contributed by atoms with van der Waals surface area (Å²) >= 11 is 5.92. The molecule has 0 atom stereocenters. The normalized spacial score (nSPS) is 13.6. The number of anilines is 2. The van der Waals surface area contributed by atoms with Crippen LogP contribution in [0.2, 0.25) is 5.02 Å². The second kappa shape index (κ2) is 10.4. The molecule has 3 aromatic carbocycles. The van der Waals surface area contributed by atoms with Crippen molar-refractivity contribution in [3.05, 3.63) is 99.1 Å². The largest absolute Gasteiger partial charge is 0.379 e. The van der Waals surface area contributed by atoms with Crippen LogP contribution in [0.25, 0.3) is 0 Å². The molecular weight excluding hydrogens is 440 g/mol. The fourth-order valence-electron chi connectivity index (χ4n) is 3.95. The standard InChI is InChI=1S/C25H25ClN4O3/c26-21-8-6-20(7-9-21)25(31)29-16-14-28(15-17-29)22-10-11-24(30(32)33)23(18-22)27-13-12-19-4-2-1-3-5-19/h1-11,18,27H,12-17H2. The maximum atomic E-state index is 12.7. The van der Waals surface area contributed by atoms with E-state index in [2.05, 4.69) is 10.2 Å². The highest BCUT2D eigenvalue weighted by Gasteiger charge is 2.24. The SMILES string of the molecule is O=C(c1ccc(Cl)cc1)N1CCN(c2ccc([N+](=O)[O-])c(NCCc3ccccc3)c2)CC1. The Labute approximate surface area is 197 Å². The number of nitro groups is 1. The van der Waals surface area contributed by atoms with Crippen molar-refractivity contribution in [1.29, 1.82) is 0 Å². The first-order valence-electron chi connectivity index (χ1n) is 10.9. The lowest BCUT2D eigenvalue weighted by molar-refractivity contribution is -0.383. The first kappa shape index (κ1) is 22.6. The molecule has 1 fully saturated rings. The molecule has 4 rings (SSSR count). The molecule has 0 saturated carbocycles. The Morgan fingerprint density at radius 3 is 2.33 bits per heavy atom. The van der Waals surface area contributed by atoms with Gasteiger partial charge in [-0.3, -0.25) is 14.9 Å². The highest BCUT2D eigenvalue weighted by Crippen LogP contribution is 2.30. The van der Waals surface area contributed by atoms with E-state index in [1.165, 1.54) is 5.56 Å². The Morgan fingerprint density at radius 1 is 0.970 bits per heavy atom. The summed E-state index contributed by atoms with van der Waals surface area (Å²) in [6.07, 6.45) is 0.772. The number of amides is 1. The van der Waals surface area contributed by atoms with E-state index in [4.69, 9.17) is 11.6 Å². The summed E-state index contributed by atoms with van der Waals surface area (Å²) in [6.45, 7) is 3.06. The molecule has 0 aliphatic carbocycles. The van der Waals surface area contributed by atoms with Gasteiger partial charge in [0, 0.05) is 55.1 Å². The van der Waals surface area contributed by atoms with Crippen LogP contribution < -0.4 is 10.2 Å². The minimum absolute atomic E-state index is 0.0155. The van der Waals surface area contributed by atoms with Crippen LogP contribution in [0.4, 0.5) is 17.1 Å². The van der Waals surface area contributed by atoms with Crippen molar-refractivity contribution in [3.63, 3.8) is 0 Å². The summed E-state index contributed by atoms with van der Waals surface area (Å²) in [5, 5.41) is 15.3. The van der Waals surface area contributed by atoms with E-state index in [1.807, 2.05) is 41.3 Å². The Hall–Kier alpha value is -3.58. The fourth-order valence-corrected chi connectivity index (χ4v) is 4.08. The molecule has 1 aliphatic heterocycles. The monoisotopic (exact) mass is 464 g/mol. The average molecular weight is 465 g/mol. The number of rotatable bonds is 7. The zero-order chi connectivity index (χ0) is 23.2. The van der Waals surface area contributed by atoms with Crippen LogP contribution in [0.15, 0.2) is 72.8 Å². The lowest BCUT2D eigenvalue weighted by atomic mass is 10.1. The topological polar surface area (TPSA) is 78.7 Å². The van der Waals surface area contributed by atoms with E-state index >= 15 is 0 Å². The molecule has 1 amide bonds. The van der Waals surface area contributed by atoms with Crippen molar-refractivity contribution in [2.24, 2.45) is 0 Å². The molecule has 1 N–H and O–H groups in total. The van der Waals surface area contributed by atoms with Gasteiger partial charge in [-0.2, -0.15) is 0 Å². The molecule has 170 valence electrons. The van der Waals surface area contributed by atoms with Gasteiger partial charge in [0.25, 0.3) is 11.6 Å². The average Bonchev–Trinajstić information content (AvgIpc) is 2.85. The van der Waals surface area contributed by atoms with Gasteiger partial charge in [0.2, 0.25) is 0 Å². The highest BCUT2D eigenvalue weighted by molar-refractivity contribution is 6.30. The minimum Gasteiger partial charge on any atom is -0.379 e. The number of hydrogen-bond acceptors (Lipinski definition) is 5. The predicted octanol–water partition coefficient (Wildman–Crippen LogP) is 4.87. The van der Waals surface area contributed by atoms with Gasteiger partial charge in [0.05, 0.1) is 4.92 Å². The Bertz CT molecular complexity index is 1110. The molecule has 0 spiro atoms. The number of nitro benzene ring substituents is 1. The summed E-state index contributed by atoms with van der Waals surface area (Å²) < 4.78 is 0. The van der Waals surface area contributed by atoms with Gasteiger partial charge in [-0.1, -0.05) is 41.9 Å². The molecule has 7 nitrogen and oxygen atoms in total. The predicted molar refractivity (Wildman–Crippen MR) is 131 cm³/mol. The number of carbonyl (C=O) groups is 1. The van der Waals surface area contributed by atoms with Crippen LogP contribution in [0.5, 0.6) is 0 Å². The van der Waals surface area contributed by atoms with Gasteiger partial charge in [-0.05, 0) is 48.4 Å². The second-order valence-electron chi connectivity index (χ2n) is 7.91. The molecule has 0 aromatic heterocycles. The van der Waals surface area contributed by atoms with Gasteiger partial charge < -0.3 is 15.1 Å². The van der Waals surface area contributed by atoms with E-state index in [0.717, 1.165) is 12.1 Å². The number of piperazine rings is 1. The third-order valence-corrected chi connectivity index (χ3v) is 6.02. The fraction of sp³-hybridized carbons (Fsp3) is 0.240. The smallest absolute Gasteiger partial charge is 0.292 e. The molecule has 0 unspecified atom stereocenters. The molecular formula is C25H25ClN4O3. The molecule has 0 bridgehead atoms. The van der Waals surface area contributed by atoms with Crippen LogP contribution in [0, 0.1) is 10.1 Å². The van der Waals surface area contributed by atoms with Crippen molar-refractivity contribution in [2.75, 3.05) is 42.9 Å². The van der Waals surface area contributed by atoms with Crippen LogP contribution >= 0.6 is 11.6 Å². The van der Waals surface area contributed by atoms with E-state index in [0.29, 0.717) is 49.0 Å². The van der Waals surface area contributed by atoms with Crippen LogP contribution in [0.3, 0.4) is 0 Å². The second-order valence-corrected chi connectivity index (χ2v) is 8.34. The third kappa shape index (κ3) is 5.62. The minimum atomic E-state index is -0.364. The molecule has 1 saturated heterocycles. The zero-order valence-electron chi connectivity index (χ0n) is 18.1. The number of benzene rings is 3. The molecule has 1 heterocycles. The Morgan fingerprint density at radius 2 is 1.67 bits per heavy atom. The number of nitrogens with one attached hydrogen (secondary N) is 1. The number of carbonyl (C=O) groups excluding carboxylic acids is 1. The van der Waals surface area contributed by atoms with Crippen LogP contribution in [0.1, 0.15) is 15.9 Å². The van der Waals surface area contributed by atoms with E-state index in [9.17, 15) is 14.9 Å². The number of halogens is 1. The van der Waals surface area contributed by atoms with Gasteiger partial charge in [-0.15, -0.1) is 0 Å². The van der Waals surface area contributed by atoms with Crippen LogP contribution in [-0.2, 0) is 6.42 Å². The quantitative estimate of drug-likeness (QED) is 0.399. The summed E-state index contributed by atoms with van der Waals surface area (Å²) in [5.74, 6) is -0.0155. The highest BCUT2D eigenvalue weighted by atomic mass is 35.5. The zero-order valence-corrected chi connectivity index (χ0v) is 18.9. The first-order chi connectivity index (χ1) is 16.0. The summed E-state index contributed by atoms with van der Waals surface area (Å²) in [7, 11) is 0. The molecule has 3 aromatic rings. The molecule has 0 radical (unpaired) electrons. The van der Waals surface area contributed by atoms with Gasteiger partial charge in [0.15, 0.2) is 0 Å². The van der Waals surface area contributed by atoms with Gasteiger partial charge in [-0.25, -0.2) is 0 Å².